The van der Waals surface area contributed by atoms with Gasteiger partial charge in [-0.15, -0.1) is 0 Å². The lowest BCUT2D eigenvalue weighted by Gasteiger charge is -2.18. The molecule has 0 radical (unpaired) electrons. The molecule has 1 atom stereocenters. The fraction of sp³-hybridized carbons (Fsp3) is 0.857. The number of amides is 1. The minimum absolute atomic E-state index is 0.113. The molecule has 0 aromatic rings. The molecule has 10 heavy (non-hydrogen) atoms. The van der Waals surface area contributed by atoms with Crippen molar-refractivity contribution < 1.29 is 9.90 Å². The highest BCUT2D eigenvalue weighted by Gasteiger charge is 2.09. The van der Waals surface area contributed by atoms with Gasteiger partial charge in [-0.2, -0.15) is 0 Å². The summed E-state index contributed by atoms with van der Waals surface area (Å²) in [4.78, 5) is 10.0. The Morgan fingerprint density at radius 2 is 2.20 bits per heavy atom. The molecule has 2 N–H and O–H groups in total. The standard InChI is InChI=1S/C7H15NO2/c1-6(2)7(3-4-9)8-5-10/h5-7,9H,3-4H2,1-2H3,(H,8,10). The average Bonchev–Trinajstić information content (AvgIpc) is 1.87. The Morgan fingerprint density at radius 3 is 2.50 bits per heavy atom. The predicted octanol–water partition coefficient (Wildman–Crippen LogP) is 0.139. The van der Waals surface area contributed by atoms with Crippen LogP contribution >= 0.6 is 0 Å². The number of nitrogens with one attached hydrogen (secondary N) is 1. The average molecular weight is 145 g/mol. The van der Waals surface area contributed by atoms with E-state index >= 15 is 0 Å². The molecule has 0 spiro atoms. The molecule has 0 aliphatic carbocycles. The van der Waals surface area contributed by atoms with Crippen molar-refractivity contribution in [2.24, 2.45) is 5.92 Å². The third kappa shape index (κ3) is 3.45. The zero-order valence-corrected chi connectivity index (χ0v) is 6.50. The highest BCUT2D eigenvalue weighted by atomic mass is 16.3. The van der Waals surface area contributed by atoms with Crippen LogP contribution in [-0.4, -0.2) is 24.2 Å². The monoisotopic (exact) mass is 145 g/mol. The Morgan fingerprint density at radius 1 is 1.60 bits per heavy atom. The minimum Gasteiger partial charge on any atom is -0.396 e. The fourth-order valence-electron chi connectivity index (χ4n) is 0.836. The molecule has 0 bridgehead atoms. The molecule has 3 nitrogen and oxygen atoms in total. The van der Waals surface area contributed by atoms with Gasteiger partial charge in [0, 0.05) is 12.6 Å². The number of carbonyl (C=O) groups is 1. The van der Waals surface area contributed by atoms with Crippen LogP contribution in [0.25, 0.3) is 0 Å². The molecule has 0 saturated heterocycles. The topological polar surface area (TPSA) is 49.3 Å². The van der Waals surface area contributed by atoms with Crippen LogP contribution in [0, 0.1) is 5.92 Å². The third-order valence-corrected chi connectivity index (χ3v) is 1.53. The zero-order chi connectivity index (χ0) is 7.98. The van der Waals surface area contributed by atoms with E-state index in [1.165, 1.54) is 0 Å². The summed E-state index contributed by atoms with van der Waals surface area (Å²) in [5, 5.41) is 11.2. The summed E-state index contributed by atoms with van der Waals surface area (Å²) in [6.45, 7) is 4.15. The Bertz CT molecular complexity index is 93.6. The maximum absolute atomic E-state index is 10.0. The van der Waals surface area contributed by atoms with Crippen LogP contribution in [0.4, 0.5) is 0 Å². The number of hydrogen-bond acceptors (Lipinski definition) is 2. The van der Waals surface area contributed by atoms with Gasteiger partial charge in [-0.05, 0) is 12.3 Å². The smallest absolute Gasteiger partial charge is 0.207 e. The Hall–Kier alpha value is -0.570. The number of rotatable bonds is 5. The van der Waals surface area contributed by atoms with Gasteiger partial charge in [0.1, 0.15) is 0 Å². The van der Waals surface area contributed by atoms with Crippen LogP contribution in [0.15, 0.2) is 0 Å². The van der Waals surface area contributed by atoms with E-state index in [9.17, 15) is 4.79 Å². The summed E-state index contributed by atoms with van der Waals surface area (Å²) in [5.74, 6) is 0.386. The van der Waals surface area contributed by atoms with E-state index in [-0.39, 0.29) is 12.6 Å². The molecule has 0 aliphatic rings. The van der Waals surface area contributed by atoms with Crippen LogP contribution in [0.5, 0.6) is 0 Å². The van der Waals surface area contributed by atoms with Gasteiger partial charge >= 0.3 is 0 Å². The fourth-order valence-corrected chi connectivity index (χ4v) is 0.836. The summed E-state index contributed by atoms with van der Waals surface area (Å²) in [6, 6.07) is 0.113. The van der Waals surface area contributed by atoms with E-state index in [1.807, 2.05) is 13.8 Å². The predicted molar refractivity (Wildman–Crippen MR) is 39.5 cm³/mol. The van der Waals surface area contributed by atoms with E-state index in [0.29, 0.717) is 18.7 Å². The summed E-state index contributed by atoms with van der Waals surface area (Å²) in [5.41, 5.74) is 0. The largest absolute Gasteiger partial charge is 0.396 e. The molecular formula is C7H15NO2. The molecule has 0 aliphatic heterocycles. The van der Waals surface area contributed by atoms with Crippen LogP contribution in [0.1, 0.15) is 20.3 Å². The summed E-state index contributed by atoms with van der Waals surface area (Å²) >= 11 is 0. The summed E-state index contributed by atoms with van der Waals surface area (Å²) < 4.78 is 0. The van der Waals surface area contributed by atoms with Crippen LogP contribution in [-0.2, 0) is 4.79 Å². The molecule has 0 saturated carbocycles. The lowest BCUT2D eigenvalue weighted by atomic mass is 10.0. The molecule has 60 valence electrons. The molecule has 1 amide bonds. The van der Waals surface area contributed by atoms with E-state index in [0.717, 1.165) is 0 Å². The van der Waals surface area contributed by atoms with Crippen molar-refractivity contribution in [1.29, 1.82) is 0 Å². The van der Waals surface area contributed by atoms with Crippen LogP contribution in [0.3, 0.4) is 0 Å². The van der Waals surface area contributed by atoms with Crippen molar-refractivity contribution in [3.63, 3.8) is 0 Å². The van der Waals surface area contributed by atoms with E-state index in [1.54, 1.807) is 0 Å². The van der Waals surface area contributed by atoms with Crippen LogP contribution < -0.4 is 5.32 Å². The maximum atomic E-state index is 10.0. The first-order valence-corrected chi connectivity index (χ1v) is 3.53. The quantitative estimate of drug-likeness (QED) is 0.541. The summed E-state index contributed by atoms with van der Waals surface area (Å²) in [6.07, 6.45) is 1.32. The van der Waals surface area contributed by atoms with Gasteiger partial charge < -0.3 is 10.4 Å². The molecule has 1 unspecified atom stereocenters. The molecule has 0 fully saturated rings. The van der Waals surface area contributed by atoms with Gasteiger partial charge in [-0.1, -0.05) is 13.8 Å². The van der Waals surface area contributed by atoms with Crippen molar-refractivity contribution in [1.82, 2.24) is 5.32 Å². The SMILES string of the molecule is CC(C)C(CCO)NC=O. The maximum Gasteiger partial charge on any atom is 0.207 e. The number of aliphatic hydroxyl groups is 1. The highest BCUT2D eigenvalue weighted by molar-refractivity contribution is 5.46. The zero-order valence-electron chi connectivity index (χ0n) is 6.50. The molecule has 0 aromatic heterocycles. The van der Waals surface area contributed by atoms with Crippen molar-refractivity contribution in [2.45, 2.75) is 26.3 Å². The van der Waals surface area contributed by atoms with Gasteiger partial charge in [0.15, 0.2) is 0 Å². The number of aliphatic hydroxyl groups excluding tert-OH is 1. The van der Waals surface area contributed by atoms with Crippen molar-refractivity contribution in [2.75, 3.05) is 6.61 Å². The Balaban J connectivity index is 3.60. The van der Waals surface area contributed by atoms with Gasteiger partial charge in [-0.25, -0.2) is 0 Å². The highest BCUT2D eigenvalue weighted by Crippen LogP contribution is 2.03. The van der Waals surface area contributed by atoms with E-state index < -0.39 is 0 Å². The van der Waals surface area contributed by atoms with Crippen molar-refractivity contribution in [3.05, 3.63) is 0 Å². The molecular weight excluding hydrogens is 130 g/mol. The first-order chi connectivity index (χ1) is 4.72. The van der Waals surface area contributed by atoms with E-state index in [2.05, 4.69) is 5.32 Å². The minimum atomic E-state index is 0.113. The molecule has 0 rings (SSSR count). The Labute approximate surface area is 61.4 Å². The van der Waals surface area contributed by atoms with E-state index in [4.69, 9.17) is 5.11 Å². The molecule has 0 heterocycles. The van der Waals surface area contributed by atoms with Crippen molar-refractivity contribution >= 4 is 6.41 Å². The first-order valence-electron chi connectivity index (χ1n) is 3.53. The van der Waals surface area contributed by atoms with Gasteiger partial charge in [0.2, 0.25) is 6.41 Å². The number of hydrogen-bond donors (Lipinski definition) is 2. The second-order valence-electron chi connectivity index (χ2n) is 2.65. The second kappa shape index (κ2) is 5.23. The summed E-state index contributed by atoms with van der Waals surface area (Å²) in [7, 11) is 0. The van der Waals surface area contributed by atoms with Gasteiger partial charge in [0.25, 0.3) is 0 Å². The third-order valence-electron chi connectivity index (χ3n) is 1.53. The van der Waals surface area contributed by atoms with Gasteiger partial charge in [-0.3, -0.25) is 4.79 Å². The number of carbonyl (C=O) groups excluding carboxylic acids is 1. The van der Waals surface area contributed by atoms with Crippen LogP contribution in [0.2, 0.25) is 0 Å². The van der Waals surface area contributed by atoms with Gasteiger partial charge in [0.05, 0.1) is 0 Å². The lowest BCUT2D eigenvalue weighted by molar-refractivity contribution is -0.110. The lowest BCUT2D eigenvalue weighted by Crippen LogP contribution is -2.33. The second-order valence-corrected chi connectivity index (χ2v) is 2.65. The molecule has 0 aromatic carbocycles. The Kier molecular flexibility index (Phi) is 4.94. The first kappa shape index (κ1) is 9.43. The normalized spacial score (nSPS) is 13.2. The molecule has 3 heteroatoms. The van der Waals surface area contributed by atoms with Crippen molar-refractivity contribution in [3.8, 4) is 0 Å².